The van der Waals surface area contributed by atoms with E-state index in [1.807, 2.05) is 74.2 Å². The van der Waals surface area contributed by atoms with E-state index >= 15 is 0 Å². The highest BCUT2D eigenvalue weighted by atomic mass is 16.5. The Balaban J connectivity index is 1.41. The quantitative estimate of drug-likeness (QED) is 0.500. The minimum atomic E-state index is -1.29. The van der Waals surface area contributed by atoms with E-state index in [4.69, 9.17) is 9.47 Å². The molecule has 1 saturated carbocycles. The van der Waals surface area contributed by atoms with Crippen LogP contribution in [0.4, 0.5) is 5.69 Å². The van der Waals surface area contributed by atoms with Gasteiger partial charge in [0.1, 0.15) is 17.4 Å². The summed E-state index contributed by atoms with van der Waals surface area (Å²) in [6.07, 6.45) is 12.2. The van der Waals surface area contributed by atoms with E-state index in [-0.39, 0.29) is 36.3 Å². The fourth-order valence-corrected chi connectivity index (χ4v) is 7.91. The SMILES string of the molecule is CCOc1ccc(N2CC=C[C@@H]3O[C@]45C=CCN(C6CCCCC6)C(=O)C4N([C@@H](CO)C(C)C)C(=O)[C@@H]5[C@@H]3C2=O)cc1. The number of carbonyl (C=O) groups is 3. The third kappa shape index (κ3) is 4.56. The number of ether oxygens (including phenoxy) is 2. The third-order valence-corrected chi connectivity index (χ3v) is 9.92. The van der Waals surface area contributed by atoms with Crippen LogP contribution < -0.4 is 9.64 Å². The van der Waals surface area contributed by atoms with E-state index in [1.54, 1.807) is 9.80 Å². The molecule has 0 radical (unpaired) electrons. The lowest BCUT2D eigenvalue weighted by Crippen LogP contribution is -2.60. The molecule has 1 aromatic carbocycles. The van der Waals surface area contributed by atoms with Crippen molar-refractivity contribution < 1.29 is 29.0 Å². The predicted octanol–water partition coefficient (Wildman–Crippen LogP) is 3.32. The summed E-state index contributed by atoms with van der Waals surface area (Å²) in [4.78, 5) is 48.8. The highest BCUT2D eigenvalue weighted by Gasteiger charge is 2.72. The summed E-state index contributed by atoms with van der Waals surface area (Å²) in [7, 11) is 0. The van der Waals surface area contributed by atoms with Crippen LogP contribution in [-0.4, -0.2) is 88.8 Å². The minimum absolute atomic E-state index is 0.0983. The largest absolute Gasteiger partial charge is 0.494 e. The highest BCUT2D eigenvalue weighted by molar-refractivity contribution is 6.04. The van der Waals surface area contributed by atoms with Gasteiger partial charge in [0.05, 0.1) is 37.2 Å². The molecular formula is C33H43N3O6. The summed E-state index contributed by atoms with van der Waals surface area (Å²) in [6, 6.07) is 5.97. The topological polar surface area (TPSA) is 99.6 Å². The molecule has 1 spiro atoms. The Morgan fingerprint density at radius 1 is 1.00 bits per heavy atom. The van der Waals surface area contributed by atoms with Crippen molar-refractivity contribution in [1.29, 1.82) is 0 Å². The van der Waals surface area contributed by atoms with Gasteiger partial charge < -0.3 is 29.3 Å². The van der Waals surface area contributed by atoms with Crippen molar-refractivity contribution in [3.05, 3.63) is 48.6 Å². The second-order valence-corrected chi connectivity index (χ2v) is 12.6. The molecule has 1 N–H and O–H groups in total. The maximum absolute atomic E-state index is 14.6. The molecule has 4 heterocycles. The zero-order valence-corrected chi connectivity index (χ0v) is 24.9. The molecule has 42 heavy (non-hydrogen) atoms. The average molecular weight is 578 g/mol. The summed E-state index contributed by atoms with van der Waals surface area (Å²) in [6.45, 7) is 6.88. The maximum Gasteiger partial charge on any atom is 0.249 e. The lowest BCUT2D eigenvalue weighted by molar-refractivity contribution is -0.153. The highest BCUT2D eigenvalue weighted by Crippen LogP contribution is 2.54. The summed E-state index contributed by atoms with van der Waals surface area (Å²) < 4.78 is 12.4. The van der Waals surface area contributed by atoms with Gasteiger partial charge in [0.25, 0.3) is 0 Å². The van der Waals surface area contributed by atoms with Crippen molar-refractivity contribution >= 4 is 23.4 Å². The first-order chi connectivity index (χ1) is 20.3. The number of carbonyl (C=O) groups excluding carboxylic acids is 3. The van der Waals surface area contributed by atoms with Gasteiger partial charge in [0.15, 0.2) is 0 Å². The number of aliphatic hydroxyl groups excluding tert-OH is 1. The standard InChI is InChI=1S/C33H43N3O6/c1-4-41-24-15-13-23(14-16-24)34-18-8-12-26-27(30(34)38)28-31(39)36(25(20-37)21(2)3)29-32(40)35(22-10-6-5-7-11-22)19-9-17-33(28,29)42-26/h8-9,12-17,21-22,25-29,37H,4-7,10-11,18-20H2,1-3H3/t25-,26-,27+,28-,29?,33-/m0/s1. The van der Waals surface area contributed by atoms with Crippen molar-refractivity contribution in [2.45, 2.75) is 82.7 Å². The number of hydrogen-bond acceptors (Lipinski definition) is 6. The van der Waals surface area contributed by atoms with E-state index in [9.17, 15) is 19.5 Å². The maximum atomic E-state index is 14.6. The van der Waals surface area contributed by atoms with E-state index < -0.39 is 35.6 Å². The minimum Gasteiger partial charge on any atom is -0.494 e. The van der Waals surface area contributed by atoms with Gasteiger partial charge in [-0.25, -0.2) is 0 Å². The first kappa shape index (κ1) is 28.9. The number of amides is 3. The number of hydrogen-bond donors (Lipinski definition) is 1. The van der Waals surface area contributed by atoms with Crippen molar-refractivity contribution in [3.8, 4) is 5.75 Å². The zero-order valence-electron chi connectivity index (χ0n) is 24.9. The molecule has 9 nitrogen and oxygen atoms in total. The van der Waals surface area contributed by atoms with Gasteiger partial charge in [-0.1, -0.05) is 57.4 Å². The second kappa shape index (κ2) is 11.5. The summed E-state index contributed by atoms with van der Waals surface area (Å²) >= 11 is 0. The molecule has 0 aromatic heterocycles. The molecular weight excluding hydrogens is 534 g/mol. The van der Waals surface area contributed by atoms with Crippen LogP contribution in [0, 0.1) is 17.8 Å². The third-order valence-electron chi connectivity index (χ3n) is 9.92. The van der Waals surface area contributed by atoms with Crippen LogP contribution in [0.2, 0.25) is 0 Å². The number of fused-ring (bicyclic) bond motifs is 2. The Morgan fingerprint density at radius 2 is 1.74 bits per heavy atom. The Hall–Kier alpha value is -3.17. The number of aliphatic hydroxyl groups is 1. The number of rotatable bonds is 7. The second-order valence-electron chi connectivity index (χ2n) is 12.6. The molecule has 6 atom stereocenters. The lowest BCUT2D eigenvalue weighted by Gasteiger charge is -2.42. The van der Waals surface area contributed by atoms with Crippen LogP contribution in [0.25, 0.3) is 0 Å². The average Bonchev–Trinajstić information content (AvgIpc) is 3.30. The van der Waals surface area contributed by atoms with Crippen molar-refractivity contribution in [3.63, 3.8) is 0 Å². The number of likely N-dealkylation sites (tertiary alicyclic amines) is 1. The van der Waals surface area contributed by atoms with Crippen LogP contribution in [0.15, 0.2) is 48.6 Å². The van der Waals surface area contributed by atoms with E-state index in [0.29, 0.717) is 25.4 Å². The molecule has 226 valence electrons. The van der Waals surface area contributed by atoms with E-state index in [1.165, 1.54) is 6.42 Å². The molecule has 0 bridgehead atoms. The smallest absolute Gasteiger partial charge is 0.249 e. The Bertz CT molecular complexity index is 1250. The molecule has 1 aromatic rings. The monoisotopic (exact) mass is 577 g/mol. The predicted molar refractivity (Wildman–Crippen MR) is 158 cm³/mol. The van der Waals surface area contributed by atoms with Gasteiger partial charge >= 0.3 is 0 Å². The van der Waals surface area contributed by atoms with Crippen molar-refractivity contribution in [2.24, 2.45) is 17.8 Å². The van der Waals surface area contributed by atoms with E-state index in [2.05, 4.69) is 0 Å². The van der Waals surface area contributed by atoms with Gasteiger partial charge in [-0.15, -0.1) is 0 Å². The van der Waals surface area contributed by atoms with Crippen LogP contribution in [0.3, 0.4) is 0 Å². The van der Waals surface area contributed by atoms with Crippen LogP contribution >= 0.6 is 0 Å². The fourth-order valence-electron chi connectivity index (χ4n) is 7.91. The normalized spacial score (nSPS) is 32.1. The number of benzene rings is 1. The van der Waals surface area contributed by atoms with E-state index in [0.717, 1.165) is 31.4 Å². The van der Waals surface area contributed by atoms with Crippen LogP contribution in [0.5, 0.6) is 5.75 Å². The first-order valence-electron chi connectivity index (χ1n) is 15.6. The van der Waals surface area contributed by atoms with Gasteiger partial charge in [-0.05, 0) is 49.9 Å². The molecule has 2 saturated heterocycles. The van der Waals surface area contributed by atoms with Gasteiger partial charge in [-0.3, -0.25) is 14.4 Å². The van der Waals surface area contributed by atoms with Gasteiger partial charge in [0, 0.05) is 24.8 Å². The van der Waals surface area contributed by atoms with Crippen molar-refractivity contribution in [1.82, 2.24) is 9.80 Å². The Labute approximate surface area is 248 Å². The summed E-state index contributed by atoms with van der Waals surface area (Å²) in [5.74, 6) is -1.70. The zero-order chi connectivity index (χ0) is 29.6. The molecule has 3 amide bonds. The molecule has 6 rings (SSSR count). The van der Waals surface area contributed by atoms with Gasteiger partial charge in [-0.2, -0.15) is 0 Å². The van der Waals surface area contributed by atoms with Crippen molar-refractivity contribution in [2.75, 3.05) is 31.2 Å². The summed E-state index contributed by atoms with van der Waals surface area (Å²) in [5.41, 5.74) is -0.586. The molecule has 5 aliphatic rings. The number of anilines is 1. The number of nitrogens with zero attached hydrogens (tertiary/aromatic N) is 3. The summed E-state index contributed by atoms with van der Waals surface area (Å²) in [5, 5.41) is 10.5. The fraction of sp³-hybridized carbons (Fsp3) is 0.606. The van der Waals surface area contributed by atoms with Crippen LogP contribution in [0.1, 0.15) is 52.9 Å². The molecule has 9 heteroatoms. The first-order valence-corrected chi connectivity index (χ1v) is 15.6. The Kier molecular flexibility index (Phi) is 7.91. The molecule has 1 aliphatic carbocycles. The molecule has 1 unspecified atom stereocenters. The lowest BCUT2D eigenvalue weighted by atomic mass is 9.77. The Morgan fingerprint density at radius 3 is 2.40 bits per heavy atom. The molecule has 4 aliphatic heterocycles. The molecule has 3 fully saturated rings. The van der Waals surface area contributed by atoms with Gasteiger partial charge in [0.2, 0.25) is 17.7 Å². The van der Waals surface area contributed by atoms with Crippen LogP contribution in [-0.2, 0) is 19.1 Å².